The number of carboxylic acids is 1. The molecule has 0 aliphatic carbocycles. The van der Waals surface area contributed by atoms with E-state index in [4.69, 9.17) is 22.4 Å². The van der Waals surface area contributed by atoms with Crippen LogP contribution < -0.4 is 10.6 Å². The molecular weight excluding hydrogens is 246 g/mol. The minimum absolute atomic E-state index is 0.0487. The number of carboxylic acid groups (broad SMARTS) is 1. The number of carbonyl (C=O) groups excluding carboxylic acids is 1. The predicted molar refractivity (Wildman–Crippen MR) is 61.2 cm³/mol. The topological polar surface area (TPSA) is 96.5 Å². The molecule has 0 spiro atoms. The molecule has 0 saturated carbocycles. The summed E-state index contributed by atoms with van der Waals surface area (Å²) in [6.45, 7) is 0.294. The number of rotatable bonds is 2. The van der Waals surface area contributed by atoms with E-state index in [9.17, 15) is 9.59 Å². The summed E-state index contributed by atoms with van der Waals surface area (Å²) in [4.78, 5) is 27.8. The third-order valence-electron chi connectivity index (χ3n) is 2.53. The van der Waals surface area contributed by atoms with Crippen LogP contribution in [-0.2, 0) is 4.79 Å². The van der Waals surface area contributed by atoms with Crippen LogP contribution in [0.4, 0.5) is 5.69 Å². The number of amides is 1. The number of hydrogen-bond donors (Lipinski definition) is 2. The summed E-state index contributed by atoms with van der Waals surface area (Å²) in [6.07, 6.45) is 1.49. The third-order valence-corrected chi connectivity index (χ3v) is 2.73. The first-order valence-corrected chi connectivity index (χ1v) is 5.31. The van der Waals surface area contributed by atoms with Crippen LogP contribution in [0.1, 0.15) is 16.8 Å². The zero-order valence-corrected chi connectivity index (χ0v) is 9.52. The minimum atomic E-state index is -1.16. The fourth-order valence-corrected chi connectivity index (χ4v) is 1.94. The summed E-state index contributed by atoms with van der Waals surface area (Å²) >= 11 is 5.63. The number of anilines is 1. The predicted octanol–water partition coefficient (Wildman–Crippen LogP) is 0.497. The number of carbonyl (C=O) groups is 2. The van der Waals surface area contributed by atoms with Crippen molar-refractivity contribution in [3.8, 4) is 0 Å². The Hall–Kier alpha value is -1.66. The molecule has 0 aromatic carbocycles. The average molecular weight is 256 g/mol. The van der Waals surface area contributed by atoms with E-state index in [0.717, 1.165) is 0 Å². The van der Waals surface area contributed by atoms with Gasteiger partial charge in [-0.2, -0.15) is 0 Å². The molecule has 1 atom stereocenters. The van der Waals surface area contributed by atoms with Crippen LogP contribution in [0, 0.1) is 0 Å². The maximum atomic E-state index is 11.6. The Morgan fingerprint density at radius 3 is 2.88 bits per heavy atom. The summed E-state index contributed by atoms with van der Waals surface area (Å²) in [5, 5.41) is 9.12. The van der Waals surface area contributed by atoms with Crippen LogP contribution in [0.2, 0.25) is 5.15 Å². The second-order valence-corrected chi connectivity index (χ2v) is 4.19. The molecule has 1 aromatic heterocycles. The second-order valence-electron chi connectivity index (χ2n) is 3.80. The third kappa shape index (κ3) is 2.22. The number of aromatic nitrogens is 1. The normalized spacial score (nSPS) is 19.8. The van der Waals surface area contributed by atoms with Gasteiger partial charge >= 0.3 is 5.97 Å². The van der Waals surface area contributed by atoms with Gasteiger partial charge in [-0.25, -0.2) is 9.78 Å². The van der Waals surface area contributed by atoms with Crippen LogP contribution in [0.5, 0.6) is 0 Å². The van der Waals surface area contributed by atoms with Gasteiger partial charge in [0.05, 0.1) is 17.4 Å². The largest absolute Gasteiger partial charge is 0.478 e. The van der Waals surface area contributed by atoms with Gasteiger partial charge in [0, 0.05) is 19.0 Å². The van der Waals surface area contributed by atoms with E-state index in [1.54, 1.807) is 0 Å². The summed E-state index contributed by atoms with van der Waals surface area (Å²) in [5.74, 6) is -1.36. The van der Waals surface area contributed by atoms with Gasteiger partial charge in [-0.1, -0.05) is 11.6 Å². The maximum absolute atomic E-state index is 11.6. The van der Waals surface area contributed by atoms with E-state index in [1.165, 1.54) is 17.2 Å². The van der Waals surface area contributed by atoms with Crippen molar-refractivity contribution in [2.75, 3.05) is 11.4 Å². The van der Waals surface area contributed by atoms with Crippen LogP contribution in [0.25, 0.3) is 0 Å². The van der Waals surface area contributed by atoms with Gasteiger partial charge in [0.2, 0.25) is 5.91 Å². The highest BCUT2D eigenvalue weighted by Gasteiger charge is 2.31. The average Bonchev–Trinajstić information content (AvgIpc) is 2.57. The Kier molecular flexibility index (Phi) is 2.99. The second kappa shape index (κ2) is 4.31. The van der Waals surface area contributed by atoms with Crippen LogP contribution >= 0.6 is 11.6 Å². The van der Waals surface area contributed by atoms with Crippen molar-refractivity contribution >= 4 is 29.2 Å². The Morgan fingerprint density at radius 2 is 2.35 bits per heavy atom. The minimum Gasteiger partial charge on any atom is -0.478 e. The van der Waals surface area contributed by atoms with Gasteiger partial charge < -0.3 is 15.7 Å². The molecule has 2 rings (SSSR count). The monoisotopic (exact) mass is 255 g/mol. The van der Waals surface area contributed by atoms with Gasteiger partial charge in [0.15, 0.2) is 0 Å². The molecule has 1 aliphatic heterocycles. The van der Waals surface area contributed by atoms with Crippen LogP contribution in [0.3, 0.4) is 0 Å². The number of nitrogens with two attached hydrogens (primary N) is 1. The molecule has 2 heterocycles. The molecule has 17 heavy (non-hydrogen) atoms. The molecular formula is C10H10ClN3O3. The zero-order valence-electron chi connectivity index (χ0n) is 8.76. The molecule has 1 fully saturated rings. The lowest BCUT2D eigenvalue weighted by Crippen LogP contribution is -2.29. The number of pyridine rings is 1. The SMILES string of the molecule is NC1CC(=O)N(c2cnc(Cl)cc2C(=O)O)C1. The van der Waals surface area contributed by atoms with Gasteiger partial charge in [-0.05, 0) is 6.07 Å². The molecule has 1 aliphatic rings. The number of hydrogen-bond acceptors (Lipinski definition) is 4. The fraction of sp³-hybridized carbons (Fsp3) is 0.300. The summed E-state index contributed by atoms with van der Waals surface area (Å²) in [6, 6.07) is 0.941. The Balaban J connectivity index is 2.45. The van der Waals surface area contributed by atoms with E-state index in [0.29, 0.717) is 6.54 Å². The summed E-state index contributed by atoms with van der Waals surface area (Å²) in [7, 11) is 0. The van der Waals surface area contributed by atoms with Crippen molar-refractivity contribution in [1.29, 1.82) is 0 Å². The van der Waals surface area contributed by atoms with E-state index in [1.807, 2.05) is 0 Å². The molecule has 1 aromatic rings. The lowest BCUT2D eigenvalue weighted by atomic mass is 10.2. The van der Waals surface area contributed by atoms with Gasteiger partial charge in [-0.15, -0.1) is 0 Å². The maximum Gasteiger partial charge on any atom is 0.337 e. The van der Waals surface area contributed by atoms with Crippen molar-refractivity contribution in [1.82, 2.24) is 4.98 Å². The highest BCUT2D eigenvalue weighted by Crippen LogP contribution is 2.26. The van der Waals surface area contributed by atoms with Crippen molar-refractivity contribution in [3.63, 3.8) is 0 Å². The molecule has 1 saturated heterocycles. The first-order chi connectivity index (χ1) is 7.99. The van der Waals surface area contributed by atoms with Gasteiger partial charge in [0.25, 0.3) is 0 Å². The van der Waals surface area contributed by atoms with Crippen molar-refractivity contribution < 1.29 is 14.7 Å². The van der Waals surface area contributed by atoms with Crippen molar-refractivity contribution in [3.05, 3.63) is 23.0 Å². The first kappa shape index (κ1) is 11.8. The molecule has 1 amide bonds. The van der Waals surface area contributed by atoms with E-state index in [2.05, 4.69) is 4.98 Å². The standard InChI is InChI=1S/C10H10ClN3O3/c11-8-2-6(10(16)17)7(3-13-8)14-4-5(12)1-9(14)15/h2-3,5H,1,4,12H2,(H,16,17). The fourth-order valence-electron chi connectivity index (χ4n) is 1.78. The van der Waals surface area contributed by atoms with Crippen LogP contribution in [0.15, 0.2) is 12.3 Å². The summed E-state index contributed by atoms with van der Waals surface area (Å²) < 4.78 is 0. The van der Waals surface area contributed by atoms with Gasteiger partial charge in [0.1, 0.15) is 5.15 Å². The van der Waals surface area contributed by atoms with Crippen molar-refractivity contribution in [2.45, 2.75) is 12.5 Å². The molecule has 6 nitrogen and oxygen atoms in total. The lowest BCUT2D eigenvalue weighted by molar-refractivity contribution is -0.117. The Morgan fingerprint density at radius 1 is 1.65 bits per heavy atom. The van der Waals surface area contributed by atoms with Gasteiger partial charge in [-0.3, -0.25) is 4.79 Å². The Labute approximate surface area is 102 Å². The smallest absolute Gasteiger partial charge is 0.337 e. The first-order valence-electron chi connectivity index (χ1n) is 4.94. The van der Waals surface area contributed by atoms with E-state index in [-0.39, 0.29) is 34.8 Å². The highest BCUT2D eigenvalue weighted by atomic mass is 35.5. The van der Waals surface area contributed by atoms with E-state index < -0.39 is 5.97 Å². The molecule has 1 unspecified atom stereocenters. The zero-order chi connectivity index (χ0) is 12.6. The quantitative estimate of drug-likeness (QED) is 0.750. The number of aromatic carboxylic acids is 1. The van der Waals surface area contributed by atoms with Crippen LogP contribution in [-0.4, -0.2) is 34.6 Å². The molecule has 7 heteroatoms. The highest BCUT2D eigenvalue weighted by molar-refractivity contribution is 6.29. The Bertz CT molecular complexity index is 492. The molecule has 90 valence electrons. The summed E-state index contributed by atoms with van der Waals surface area (Å²) in [5.41, 5.74) is 5.84. The molecule has 0 radical (unpaired) electrons. The molecule has 0 bridgehead atoms. The lowest BCUT2D eigenvalue weighted by Gasteiger charge is -2.17. The van der Waals surface area contributed by atoms with E-state index >= 15 is 0 Å². The van der Waals surface area contributed by atoms with Crippen molar-refractivity contribution in [2.24, 2.45) is 5.73 Å². The number of nitrogens with zero attached hydrogens (tertiary/aromatic N) is 2. The number of halogens is 1. The molecule has 3 N–H and O–H groups in total.